The van der Waals surface area contributed by atoms with E-state index in [4.69, 9.17) is 23.2 Å². The van der Waals surface area contributed by atoms with Gasteiger partial charge in [-0.15, -0.1) is 0 Å². The van der Waals surface area contributed by atoms with Crippen LogP contribution in [0.5, 0.6) is 0 Å². The largest absolute Gasteiger partial charge is 0.366 e. The van der Waals surface area contributed by atoms with E-state index in [9.17, 15) is 4.79 Å². The molecule has 2 aromatic carbocycles. The van der Waals surface area contributed by atoms with Crippen molar-refractivity contribution < 1.29 is 4.79 Å². The fraction of sp³-hybridized carbons (Fsp3) is 0. The van der Waals surface area contributed by atoms with Crippen LogP contribution in [0, 0.1) is 0 Å². The molecule has 0 atom stereocenters. The number of hydrogen-bond acceptors (Lipinski definition) is 1. The number of benzene rings is 2. The Morgan fingerprint density at radius 1 is 0.905 bits per heavy atom. The zero-order valence-electron chi connectivity index (χ0n) is 10.9. The average molecular weight is 316 g/mol. The Morgan fingerprint density at radius 3 is 2.38 bits per heavy atom. The van der Waals surface area contributed by atoms with Crippen molar-refractivity contribution in [2.45, 2.75) is 0 Å². The summed E-state index contributed by atoms with van der Waals surface area (Å²) in [4.78, 5) is 15.6. The number of aromatic nitrogens is 1. The van der Waals surface area contributed by atoms with E-state index in [2.05, 4.69) is 4.98 Å². The fourth-order valence-corrected chi connectivity index (χ4v) is 2.74. The maximum atomic E-state index is 12.6. The molecule has 2 nitrogen and oxygen atoms in total. The Kier molecular flexibility index (Phi) is 3.82. The van der Waals surface area contributed by atoms with Crippen LogP contribution in [0.1, 0.15) is 15.9 Å². The molecule has 1 N–H and O–H groups in total. The zero-order chi connectivity index (χ0) is 14.8. The molecule has 0 aliphatic carbocycles. The summed E-state index contributed by atoms with van der Waals surface area (Å²) in [5.41, 5.74) is 2.78. The fourth-order valence-electron chi connectivity index (χ4n) is 2.23. The van der Waals surface area contributed by atoms with Gasteiger partial charge < -0.3 is 4.98 Å². The molecule has 0 bridgehead atoms. The van der Waals surface area contributed by atoms with E-state index in [1.165, 1.54) is 0 Å². The van der Waals surface area contributed by atoms with Crippen molar-refractivity contribution in [3.8, 4) is 11.1 Å². The van der Waals surface area contributed by atoms with Gasteiger partial charge in [-0.05, 0) is 12.1 Å². The number of carbonyl (C=O) groups excluding carboxylic acids is 1. The van der Waals surface area contributed by atoms with Crippen LogP contribution in [0.2, 0.25) is 10.0 Å². The Bertz CT molecular complexity index is 794. The second kappa shape index (κ2) is 5.76. The van der Waals surface area contributed by atoms with Gasteiger partial charge in [0.25, 0.3) is 0 Å². The topological polar surface area (TPSA) is 32.9 Å². The summed E-state index contributed by atoms with van der Waals surface area (Å²) in [5.74, 6) is -0.0436. The van der Waals surface area contributed by atoms with Gasteiger partial charge in [0.1, 0.15) is 0 Å². The van der Waals surface area contributed by atoms with Gasteiger partial charge in [-0.2, -0.15) is 0 Å². The van der Waals surface area contributed by atoms with E-state index >= 15 is 0 Å². The summed E-state index contributed by atoms with van der Waals surface area (Å²) in [6.07, 6.45) is 3.46. The Balaban J connectivity index is 2.07. The van der Waals surface area contributed by atoms with Gasteiger partial charge in [0.2, 0.25) is 0 Å². The van der Waals surface area contributed by atoms with E-state index in [1.54, 1.807) is 36.7 Å². The summed E-state index contributed by atoms with van der Waals surface area (Å²) in [7, 11) is 0. The number of H-pyrrole nitrogens is 1. The van der Waals surface area contributed by atoms with E-state index in [0.29, 0.717) is 21.2 Å². The molecule has 0 spiro atoms. The molecule has 0 radical (unpaired) electrons. The molecule has 0 aliphatic rings. The number of rotatable bonds is 3. The second-order valence-electron chi connectivity index (χ2n) is 4.60. The zero-order valence-corrected chi connectivity index (χ0v) is 12.4. The normalized spacial score (nSPS) is 10.6. The van der Waals surface area contributed by atoms with Crippen molar-refractivity contribution in [1.82, 2.24) is 4.98 Å². The summed E-state index contributed by atoms with van der Waals surface area (Å²) in [5, 5.41) is 1.08. The van der Waals surface area contributed by atoms with Crippen LogP contribution in [-0.4, -0.2) is 10.8 Å². The first-order valence-corrected chi connectivity index (χ1v) is 7.14. The number of nitrogens with one attached hydrogen (secondary N) is 1. The third kappa shape index (κ3) is 2.73. The molecule has 0 saturated carbocycles. The smallest absolute Gasteiger partial charge is 0.195 e. The molecular weight excluding hydrogens is 305 g/mol. The molecule has 1 aromatic heterocycles. The van der Waals surface area contributed by atoms with Crippen LogP contribution < -0.4 is 0 Å². The highest BCUT2D eigenvalue weighted by Crippen LogP contribution is 2.33. The number of ketones is 1. The Morgan fingerprint density at radius 2 is 1.67 bits per heavy atom. The predicted octanol–water partition coefficient (Wildman–Crippen LogP) is 5.22. The van der Waals surface area contributed by atoms with Crippen molar-refractivity contribution >= 4 is 29.0 Å². The molecule has 21 heavy (non-hydrogen) atoms. The molecule has 104 valence electrons. The maximum Gasteiger partial charge on any atom is 0.195 e. The molecule has 3 rings (SSSR count). The first-order valence-electron chi connectivity index (χ1n) is 6.39. The lowest BCUT2D eigenvalue weighted by atomic mass is 9.98. The monoisotopic (exact) mass is 315 g/mol. The van der Waals surface area contributed by atoms with E-state index in [1.807, 2.05) is 24.3 Å². The van der Waals surface area contributed by atoms with Gasteiger partial charge in [0, 0.05) is 44.7 Å². The summed E-state index contributed by atoms with van der Waals surface area (Å²) in [6, 6.07) is 14.4. The van der Waals surface area contributed by atoms with Gasteiger partial charge in [-0.25, -0.2) is 0 Å². The third-order valence-electron chi connectivity index (χ3n) is 3.25. The van der Waals surface area contributed by atoms with Crippen LogP contribution in [0.4, 0.5) is 0 Å². The van der Waals surface area contributed by atoms with E-state index in [-0.39, 0.29) is 5.78 Å². The molecule has 0 amide bonds. The van der Waals surface area contributed by atoms with Crippen LogP contribution in [-0.2, 0) is 0 Å². The van der Waals surface area contributed by atoms with E-state index in [0.717, 1.165) is 11.1 Å². The highest BCUT2D eigenvalue weighted by Gasteiger charge is 2.17. The van der Waals surface area contributed by atoms with Crippen LogP contribution in [0.3, 0.4) is 0 Å². The lowest BCUT2D eigenvalue weighted by Crippen LogP contribution is -2.01. The number of carbonyl (C=O) groups is 1. The third-order valence-corrected chi connectivity index (χ3v) is 3.80. The van der Waals surface area contributed by atoms with E-state index < -0.39 is 0 Å². The van der Waals surface area contributed by atoms with Crippen molar-refractivity contribution in [3.63, 3.8) is 0 Å². The first-order chi connectivity index (χ1) is 10.2. The van der Waals surface area contributed by atoms with Gasteiger partial charge in [0.05, 0.1) is 0 Å². The highest BCUT2D eigenvalue weighted by atomic mass is 35.5. The average Bonchev–Trinajstić information content (AvgIpc) is 2.96. The molecule has 1 heterocycles. The molecule has 0 saturated heterocycles. The lowest BCUT2D eigenvalue weighted by molar-refractivity contribution is 0.103. The SMILES string of the molecule is O=C(c1ccccc1)c1c[nH]cc1-c1ccc(Cl)cc1Cl. The van der Waals surface area contributed by atoms with Gasteiger partial charge in [-0.1, -0.05) is 59.6 Å². The quantitative estimate of drug-likeness (QED) is 0.660. The molecule has 0 fully saturated rings. The molecule has 0 aliphatic heterocycles. The Hall–Kier alpha value is -2.03. The Labute approximate surface area is 132 Å². The molecule has 3 aromatic rings. The van der Waals surface area contributed by atoms with Gasteiger partial charge in [0.15, 0.2) is 5.78 Å². The van der Waals surface area contributed by atoms with Crippen LogP contribution in [0.15, 0.2) is 60.9 Å². The van der Waals surface area contributed by atoms with Crippen LogP contribution >= 0.6 is 23.2 Å². The van der Waals surface area contributed by atoms with Crippen LogP contribution in [0.25, 0.3) is 11.1 Å². The second-order valence-corrected chi connectivity index (χ2v) is 5.45. The van der Waals surface area contributed by atoms with Gasteiger partial charge >= 0.3 is 0 Å². The number of aromatic amines is 1. The van der Waals surface area contributed by atoms with Crippen molar-refractivity contribution in [1.29, 1.82) is 0 Å². The molecular formula is C17H11Cl2NO. The summed E-state index contributed by atoms with van der Waals surface area (Å²) >= 11 is 12.2. The first kappa shape index (κ1) is 13.9. The summed E-state index contributed by atoms with van der Waals surface area (Å²) < 4.78 is 0. The predicted molar refractivity (Wildman–Crippen MR) is 86.1 cm³/mol. The van der Waals surface area contributed by atoms with Gasteiger partial charge in [-0.3, -0.25) is 4.79 Å². The molecule has 4 heteroatoms. The molecule has 0 unspecified atom stereocenters. The minimum Gasteiger partial charge on any atom is -0.366 e. The van der Waals surface area contributed by atoms with Crippen molar-refractivity contribution in [2.75, 3.05) is 0 Å². The van der Waals surface area contributed by atoms with Crippen molar-refractivity contribution in [3.05, 3.63) is 82.1 Å². The lowest BCUT2D eigenvalue weighted by Gasteiger charge is -2.06. The highest BCUT2D eigenvalue weighted by molar-refractivity contribution is 6.36. The van der Waals surface area contributed by atoms with Crippen molar-refractivity contribution in [2.24, 2.45) is 0 Å². The minimum atomic E-state index is -0.0436. The summed E-state index contributed by atoms with van der Waals surface area (Å²) in [6.45, 7) is 0. The maximum absolute atomic E-state index is 12.6. The number of halogens is 2. The standard InChI is InChI=1S/C17H11Cl2NO/c18-12-6-7-13(16(19)8-12)14-9-20-10-15(14)17(21)11-4-2-1-3-5-11/h1-10,20H. The minimum absolute atomic E-state index is 0.0436. The number of hydrogen-bond donors (Lipinski definition) is 1.